The first kappa shape index (κ1) is 17.8. The lowest BCUT2D eigenvalue weighted by molar-refractivity contribution is 0.0816. The number of hydrogen-bond donors (Lipinski definition) is 3. The molecule has 3 N–H and O–H groups in total. The summed E-state index contributed by atoms with van der Waals surface area (Å²) < 4.78 is 5.08. The Hall–Kier alpha value is -1.30. The number of carbonyl (C=O) groups excluding carboxylic acids is 1. The molecule has 118 valence electrons. The van der Waals surface area contributed by atoms with E-state index in [0.29, 0.717) is 18.1 Å². The fourth-order valence-electron chi connectivity index (χ4n) is 1.76. The number of halogens is 1. The Morgan fingerprint density at radius 1 is 1.38 bits per heavy atom. The Kier molecular flexibility index (Phi) is 6.95. The number of hydrogen-bond acceptors (Lipinski definition) is 3. The summed E-state index contributed by atoms with van der Waals surface area (Å²) in [6, 6.07) is 6.81. The second kappa shape index (κ2) is 8.22. The zero-order valence-corrected chi connectivity index (χ0v) is 13.4. The summed E-state index contributed by atoms with van der Waals surface area (Å²) in [5.74, 6) is 0. The molecule has 0 aliphatic heterocycles. The van der Waals surface area contributed by atoms with Crippen LogP contribution in [0.3, 0.4) is 0 Å². The molecule has 0 heterocycles. The Labute approximate surface area is 130 Å². The van der Waals surface area contributed by atoms with Crippen LogP contribution in [0.5, 0.6) is 0 Å². The van der Waals surface area contributed by atoms with Crippen molar-refractivity contribution in [3.05, 3.63) is 34.9 Å². The van der Waals surface area contributed by atoms with Crippen LogP contribution in [-0.4, -0.2) is 37.0 Å². The number of ether oxygens (including phenoxy) is 1. The maximum Gasteiger partial charge on any atom is 0.315 e. The molecule has 6 heteroatoms. The second-order valence-corrected chi connectivity index (χ2v) is 5.96. The van der Waals surface area contributed by atoms with Gasteiger partial charge in [-0.1, -0.05) is 23.7 Å². The first-order chi connectivity index (χ1) is 9.81. The van der Waals surface area contributed by atoms with Crippen molar-refractivity contribution in [2.24, 2.45) is 0 Å². The van der Waals surface area contributed by atoms with Crippen molar-refractivity contribution in [3.63, 3.8) is 0 Å². The molecule has 0 spiro atoms. The van der Waals surface area contributed by atoms with Gasteiger partial charge >= 0.3 is 6.03 Å². The van der Waals surface area contributed by atoms with Gasteiger partial charge in [0.05, 0.1) is 11.6 Å². The van der Waals surface area contributed by atoms with Crippen molar-refractivity contribution in [1.82, 2.24) is 10.6 Å². The summed E-state index contributed by atoms with van der Waals surface area (Å²) in [4.78, 5) is 11.9. The number of urea groups is 1. The predicted octanol–water partition coefficient (Wildman–Crippen LogP) is 2.49. The SMILES string of the molecule is COCC[C@H](NC(=O)NCC(C)(C)O)c1ccc(Cl)cc1. The van der Waals surface area contributed by atoms with Crippen LogP contribution < -0.4 is 10.6 Å². The van der Waals surface area contributed by atoms with E-state index in [4.69, 9.17) is 16.3 Å². The summed E-state index contributed by atoms with van der Waals surface area (Å²) in [5, 5.41) is 15.8. The van der Waals surface area contributed by atoms with Gasteiger partial charge in [-0.15, -0.1) is 0 Å². The average Bonchev–Trinajstić information content (AvgIpc) is 2.41. The van der Waals surface area contributed by atoms with Gasteiger partial charge in [0.25, 0.3) is 0 Å². The van der Waals surface area contributed by atoms with Crippen molar-refractivity contribution in [1.29, 1.82) is 0 Å². The van der Waals surface area contributed by atoms with Crippen LogP contribution in [0.2, 0.25) is 5.02 Å². The molecule has 5 nitrogen and oxygen atoms in total. The number of aliphatic hydroxyl groups is 1. The fourth-order valence-corrected chi connectivity index (χ4v) is 1.88. The van der Waals surface area contributed by atoms with Crippen molar-refractivity contribution in [2.45, 2.75) is 31.9 Å². The van der Waals surface area contributed by atoms with E-state index in [1.54, 1.807) is 33.1 Å². The molecular formula is C15H23ClN2O3. The van der Waals surface area contributed by atoms with Crippen LogP contribution in [-0.2, 0) is 4.74 Å². The molecular weight excluding hydrogens is 292 g/mol. The summed E-state index contributed by atoms with van der Waals surface area (Å²) in [7, 11) is 1.62. The first-order valence-corrected chi connectivity index (χ1v) is 7.21. The van der Waals surface area contributed by atoms with E-state index in [1.165, 1.54) is 0 Å². The van der Waals surface area contributed by atoms with E-state index in [9.17, 15) is 9.90 Å². The summed E-state index contributed by atoms with van der Waals surface area (Å²) in [6.45, 7) is 3.97. The van der Waals surface area contributed by atoms with E-state index < -0.39 is 5.60 Å². The number of nitrogens with one attached hydrogen (secondary N) is 2. The van der Waals surface area contributed by atoms with Crippen LogP contribution >= 0.6 is 11.6 Å². The largest absolute Gasteiger partial charge is 0.389 e. The van der Waals surface area contributed by atoms with Gasteiger partial charge in [0, 0.05) is 25.3 Å². The van der Waals surface area contributed by atoms with E-state index in [-0.39, 0.29) is 18.6 Å². The Morgan fingerprint density at radius 3 is 2.52 bits per heavy atom. The van der Waals surface area contributed by atoms with Gasteiger partial charge in [-0.05, 0) is 38.0 Å². The van der Waals surface area contributed by atoms with Gasteiger partial charge in [-0.25, -0.2) is 4.79 Å². The highest BCUT2D eigenvalue weighted by atomic mass is 35.5. The Balaban J connectivity index is 2.65. The van der Waals surface area contributed by atoms with E-state index in [1.807, 2.05) is 12.1 Å². The van der Waals surface area contributed by atoms with E-state index >= 15 is 0 Å². The van der Waals surface area contributed by atoms with E-state index in [0.717, 1.165) is 5.56 Å². The first-order valence-electron chi connectivity index (χ1n) is 6.83. The Morgan fingerprint density at radius 2 is 2.00 bits per heavy atom. The summed E-state index contributed by atoms with van der Waals surface area (Å²) in [6.07, 6.45) is 0.647. The average molecular weight is 315 g/mol. The normalized spacial score (nSPS) is 12.8. The number of carbonyl (C=O) groups is 1. The molecule has 1 aromatic carbocycles. The van der Waals surface area contributed by atoms with Crippen LogP contribution in [0.15, 0.2) is 24.3 Å². The van der Waals surface area contributed by atoms with Crippen molar-refractivity contribution < 1.29 is 14.6 Å². The topological polar surface area (TPSA) is 70.6 Å². The van der Waals surface area contributed by atoms with Crippen molar-refractivity contribution in [2.75, 3.05) is 20.3 Å². The molecule has 1 atom stereocenters. The molecule has 0 aromatic heterocycles. The van der Waals surface area contributed by atoms with Gasteiger partial charge in [0.2, 0.25) is 0 Å². The molecule has 0 fully saturated rings. The molecule has 0 radical (unpaired) electrons. The minimum atomic E-state index is -0.945. The van der Waals surface area contributed by atoms with Crippen LogP contribution in [0.1, 0.15) is 31.9 Å². The molecule has 0 aliphatic carbocycles. The van der Waals surface area contributed by atoms with Crippen LogP contribution in [0.25, 0.3) is 0 Å². The number of rotatable bonds is 7. The highest BCUT2D eigenvalue weighted by Gasteiger charge is 2.17. The highest BCUT2D eigenvalue weighted by Crippen LogP contribution is 2.19. The minimum Gasteiger partial charge on any atom is -0.389 e. The number of benzene rings is 1. The zero-order valence-electron chi connectivity index (χ0n) is 12.6. The maximum atomic E-state index is 11.9. The smallest absolute Gasteiger partial charge is 0.315 e. The molecule has 0 saturated carbocycles. The third-order valence-corrected chi connectivity index (χ3v) is 3.12. The minimum absolute atomic E-state index is 0.177. The molecule has 2 amide bonds. The quantitative estimate of drug-likeness (QED) is 0.724. The predicted molar refractivity (Wildman–Crippen MR) is 83.5 cm³/mol. The molecule has 0 unspecified atom stereocenters. The van der Waals surface area contributed by atoms with E-state index in [2.05, 4.69) is 10.6 Å². The lowest BCUT2D eigenvalue weighted by Gasteiger charge is -2.22. The number of amides is 2. The molecule has 0 aliphatic rings. The van der Waals surface area contributed by atoms with Gasteiger partial charge in [0.1, 0.15) is 0 Å². The van der Waals surface area contributed by atoms with Crippen LogP contribution in [0, 0.1) is 0 Å². The number of methoxy groups -OCH3 is 1. The van der Waals surface area contributed by atoms with Gasteiger partial charge < -0.3 is 20.5 Å². The standard InChI is InChI=1S/C15H23ClN2O3/c1-15(2,20)10-17-14(19)18-13(8-9-21-3)11-4-6-12(16)7-5-11/h4-7,13,20H,8-10H2,1-3H3,(H2,17,18,19)/t13-/m0/s1. The third-order valence-electron chi connectivity index (χ3n) is 2.87. The summed E-state index contributed by atoms with van der Waals surface area (Å²) in [5.41, 5.74) is 0.00877. The zero-order chi connectivity index (χ0) is 15.9. The van der Waals surface area contributed by atoms with Crippen molar-refractivity contribution >= 4 is 17.6 Å². The molecule has 0 bridgehead atoms. The van der Waals surface area contributed by atoms with Gasteiger partial charge in [-0.2, -0.15) is 0 Å². The molecule has 0 saturated heterocycles. The second-order valence-electron chi connectivity index (χ2n) is 5.53. The van der Waals surface area contributed by atoms with Gasteiger partial charge in [0.15, 0.2) is 0 Å². The van der Waals surface area contributed by atoms with Crippen LogP contribution in [0.4, 0.5) is 4.79 Å². The van der Waals surface area contributed by atoms with Crippen molar-refractivity contribution in [3.8, 4) is 0 Å². The molecule has 1 aromatic rings. The molecule has 1 rings (SSSR count). The molecule has 21 heavy (non-hydrogen) atoms. The van der Waals surface area contributed by atoms with Gasteiger partial charge in [-0.3, -0.25) is 0 Å². The lowest BCUT2D eigenvalue weighted by atomic mass is 10.0. The highest BCUT2D eigenvalue weighted by molar-refractivity contribution is 6.30. The monoisotopic (exact) mass is 314 g/mol. The maximum absolute atomic E-state index is 11.9. The lowest BCUT2D eigenvalue weighted by Crippen LogP contribution is -2.44. The summed E-state index contributed by atoms with van der Waals surface area (Å²) >= 11 is 5.87. The Bertz CT molecular complexity index is 443. The fraction of sp³-hybridized carbons (Fsp3) is 0.533. The third kappa shape index (κ3) is 7.32.